The molecule has 0 aromatic carbocycles. The van der Waals surface area contributed by atoms with Crippen molar-refractivity contribution in [2.24, 2.45) is 5.73 Å². The Hall–Kier alpha value is -0.690. The lowest BCUT2D eigenvalue weighted by atomic mass is 10.3. The van der Waals surface area contributed by atoms with E-state index in [4.69, 9.17) is 15.6 Å². The average molecular weight is 206 g/mol. The molecule has 0 saturated heterocycles. The molecule has 0 radical (unpaired) electrons. The van der Waals surface area contributed by atoms with E-state index < -0.39 is 18.1 Å². The van der Waals surface area contributed by atoms with Crippen molar-refractivity contribution in [1.29, 1.82) is 0 Å². The number of ether oxygens (including phenoxy) is 1. The van der Waals surface area contributed by atoms with Gasteiger partial charge in [0.1, 0.15) is 6.10 Å². The van der Waals surface area contributed by atoms with Gasteiger partial charge in [-0.2, -0.15) is 0 Å². The summed E-state index contributed by atoms with van der Waals surface area (Å²) >= 11 is 0. The first-order chi connectivity index (χ1) is 6.57. The van der Waals surface area contributed by atoms with Crippen LogP contribution in [0.5, 0.6) is 0 Å². The van der Waals surface area contributed by atoms with E-state index in [1.165, 1.54) is 0 Å². The van der Waals surface area contributed by atoms with E-state index >= 15 is 0 Å². The number of hydrogen-bond acceptors (Lipinski definition) is 5. The van der Waals surface area contributed by atoms with Crippen molar-refractivity contribution in [3.05, 3.63) is 0 Å². The van der Waals surface area contributed by atoms with E-state index in [2.05, 4.69) is 5.32 Å². The molecule has 2 atom stereocenters. The number of rotatable bonds is 8. The molecule has 0 aliphatic heterocycles. The maximum atomic E-state index is 10.4. The van der Waals surface area contributed by atoms with Crippen LogP contribution in [-0.2, 0) is 9.53 Å². The molecular formula is C8H18N2O4. The maximum Gasteiger partial charge on any atom is 0.247 e. The van der Waals surface area contributed by atoms with Gasteiger partial charge in [0, 0.05) is 19.7 Å². The number of nitrogens with one attached hydrogen (secondary N) is 1. The first kappa shape index (κ1) is 13.3. The van der Waals surface area contributed by atoms with Crippen molar-refractivity contribution < 1.29 is 19.7 Å². The fourth-order valence-corrected chi connectivity index (χ4v) is 0.800. The fourth-order valence-electron chi connectivity index (χ4n) is 0.800. The fraction of sp³-hybridized carbons (Fsp3) is 0.875. The molecule has 0 aliphatic rings. The van der Waals surface area contributed by atoms with Gasteiger partial charge in [-0.25, -0.2) is 0 Å². The van der Waals surface area contributed by atoms with Crippen LogP contribution in [0.1, 0.15) is 6.92 Å². The predicted octanol–water partition coefficient (Wildman–Crippen LogP) is -2.18. The van der Waals surface area contributed by atoms with Gasteiger partial charge >= 0.3 is 0 Å². The molecule has 1 amide bonds. The molecule has 0 aliphatic carbocycles. The first-order valence-corrected chi connectivity index (χ1v) is 4.51. The molecule has 0 fully saturated rings. The highest BCUT2D eigenvalue weighted by molar-refractivity contribution is 5.78. The monoisotopic (exact) mass is 206 g/mol. The Balaban J connectivity index is 3.39. The summed E-state index contributed by atoms with van der Waals surface area (Å²) in [6.45, 7) is 2.90. The molecule has 0 rings (SSSR count). The average Bonchev–Trinajstić information content (AvgIpc) is 2.14. The van der Waals surface area contributed by atoms with Gasteiger partial charge in [0.05, 0.1) is 12.7 Å². The number of aliphatic hydroxyl groups is 2. The Kier molecular flexibility index (Phi) is 7.31. The summed E-state index contributed by atoms with van der Waals surface area (Å²) in [5.74, 6) is -0.781. The molecule has 84 valence electrons. The minimum atomic E-state index is -1.21. The Bertz CT molecular complexity index is 165. The Labute approximate surface area is 83.0 Å². The molecule has 0 heterocycles. The van der Waals surface area contributed by atoms with Crippen molar-refractivity contribution in [2.75, 3.05) is 26.3 Å². The quantitative estimate of drug-likeness (QED) is 0.361. The molecule has 5 N–H and O–H groups in total. The van der Waals surface area contributed by atoms with Crippen LogP contribution in [0.4, 0.5) is 0 Å². The van der Waals surface area contributed by atoms with E-state index in [0.29, 0.717) is 6.61 Å². The van der Waals surface area contributed by atoms with Crippen molar-refractivity contribution in [2.45, 2.75) is 19.1 Å². The minimum absolute atomic E-state index is 0.0402. The molecule has 0 aromatic heterocycles. The van der Waals surface area contributed by atoms with E-state index in [1.807, 2.05) is 6.92 Å². The summed E-state index contributed by atoms with van der Waals surface area (Å²) in [5, 5.41) is 20.9. The molecule has 6 nitrogen and oxygen atoms in total. The molecule has 0 saturated carbocycles. The second kappa shape index (κ2) is 7.69. The molecule has 2 unspecified atom stereocenters. The lowest BCUT2D eigenvalue weighted by molar-refractivity contribution is -0.125. The lowest BCUT2D eigenvalue weighted by Crippen LogP contribution is -2.40. The number of carbonyl (C=O) groups excluding carboxylic acids is 1. The number of primary amides is 1. The lowest BCUT2D eigenvalue weighted by Gasteiger charge is -2.12. The predicted molar refractivity (Wildman–Crippen MR) is 50.6 cm³/mol. The minimum Gasteiger partial charge on any atom is -0.389 e. The number of amides is 1. The first-order valence-electron chi connectivity index (χ1n) is 4.51. The summed E-state index contributed by atoms with van der Waals surface area (Å²) in [4.78, 5) is 10.4. The highest BCUT2D eigenvalue weighted by Gasteiger charge is 2.10. The van der Waals surface area contributed by atoms with Crippen molar-refractivity contribution in [3.8, 4) is 0 Å². The van der Waals surface area contributed by atoms with E-state index in [0.717, 1.165) is 0 Å². The van der Waals surface area contributed by atoms with Crippen LogP contribution < -0.4 is 11.1 Å². The van der Waals surface area contributed by atoms with Crippen molar-refractivity contribution in [3.63, 3.8) is 0 Å². The maximum absolute atomic E-state index is 10.4. The Morgan fingerprint density at radius 1 is 1.50 bits per heavy atom. The zero-order valence-corrected chi connectivity index (χ0v) is 8.27. The molecule has 0 aromatic rings. The standard InChI is InChI=1S/C8H18N2O4/c1-2-14-5-6(11)3-10-4-7(12)8(9)13/h6-7,10-12H,2-5H2,1H3,(H2,9,13). The van der Waals surface area contributed by atoms with Crippen LogP contribution in [0.2, 0.25) is 0 Å². The Morgan fingerprint density at radius 2 is 2.14 bits per heavy atom. The van der Waals surface area contributed by atoms with E-state index in [-0.39, 0.29) is 19.7 Å². The normalized spacial score (nSPS) is 15.1. The number of carbonyl (C=O) groups is 1. The second-order valence-corrected chi connectivity index (χ2v) is 2.89. The smallest absolute Gasteiger partial charge is 0.247 e. The third-order valence-electron chi connectivity index (χ3n) is 1.56. The summed E-state index contributed by atoms with van der Waals surface area (Å²) < 4.78 is 4.96. The summed E-state index contributed by atoms with van der Waals surface area (Å²) in [6, 6.07) is 0. The van der Waals surface area contributed by atoms with Crippen LogP contribution in [0, 0.1) is 0 Å². The van der Waals surface area contributed by atoms with Crippen LogP contribution in [-0.4, -0.2) is 54.6 Å². The van der Waals surface area contributed by atoms with Gasteiger partial charge in [0.2, 0.25) is 5.91 Å². The van der Waals surface area contributed by atoms with Gasteiger partial charge < -0.3 is 26.0 Å². The van der Waals surface area contributed by atoms with Crippen LogP contribution in [0.15, 0.2) is 0 Å². The summed E-state index contributed by atoms with van der Waals surface area (Å²) in [7, 11) is 0. The van der Waals surface area contributed by atoms with Crippen molar-refractivity contribution >= 4 is 5.91 Å². The third kappa shape index (κ3) is 6.79. The van der Waals surface area contributed by atoms with Gasteiger partial charge in [0.15, 0.2) is 0 Å². The molecule has 14 heavy (non-hydrogen) atoms. The molecular weight excluding hydrogens is 188 g/mol. The topological polar surface area (TPSA) is 105 Å². The summed E-state index contributed by atoms with van der Waals surface area (Å²) in [5.41, 5.74) is 4.82. The van der Waals surface area contributed by atoms with Gasteiger partial charge in [-0.05, 0) is 6.92 Å². The summed E-state index contributed by atoms with van der Waals surface area (Å²) in [6.07, 6.45) is -1.86. The zero-order chi connectivity index (χ0) is 11.0. The molecule has 0 spiro atoms. The Morgan fingerprint density at radius 3 is 2.64 bits per heavy atom. The number of nitrogens with two attached hydrogens (primary N) is 1. The second-order valence-electron chi connectivity index (χ2n) is 2.89. The van der Waals surface area contributed by atoms with E-state index in [1.54, 1.807) is 0 Å². The van der Waals surface area contributed by atoms with E-state index in [9.17, 15) is 9.90 Å². The van der Waals surface area contributed by atoms with Crippen LogP contribution in [0.3, 0.4) is 0 Å². The van der Waals surface area contributed by atoms with Gasteiger partial charge in [0.25, 0.3) is 0 Å². The third-order valence-corrected chi connectivity index (χ3v) is 1.56. The van der Waals surface area contributed by atoms with Crippen molar-refractivity contribution in [1.82, 2.24) is 5.32 Å². The largest absolute Gasteiger partial charge is 0.389 e. The highest BCUT2D eigenvalue weighted by atomic mass is 16.5. The van der Waals surface area contributed by atoms with Gasteiger partial charge in [-0.15, -0.1) is 0 Å². The highest BCUT2D eigenvalue weighted by Crippen LogP contribution is 1.84. The molecule has 6 heteroatoms. The molecule has 0 bridgehead atoms. The zero-order valence-electron chi connectivity index (χ0n) is 8.27. The van der Waals surface area contributed by atoms with Crippen LogP contribution >= 0.6 is 0 Å². The number of hydrogen-bond donors (Lipinski definition) is 4. The number of aliphatic hydroxyl groups excluding tert-OH is 2. The van der Waals surface area contributed by atoms with Gasteiger partial charge in [-0.1, -0.05) is 0 Å². The van der Waals surface area contributed by atoms with Crippen LogP contribution in [0.25, 0.3) is 0 Å². The SMILES string of the molecule is CCOCC(O)CNCC(O)C(N)=O. The van der Waals surface area contributed by atoms with Gasteiger partial charge in [-0.3, -0.25) is 4.79 Å².